The van der Waals surface area contributed by atoms with Crippen molar-refractivity contribution >= 4 is 11.0 Å². The Labute approximate surface area is 388 Å². The third-order valence-corrected chi connectivity index (χ3v) is 13.9. The monoisotopic (exact) mass is 861 g/mol. The van der Waals surface area contributed by atoms with Gasteiger partial charge in [-0.15, -0.1) is 0 Å². The van der Waals surface area contributed by atoms with Gasteiger partial charge in [-0.05, 0) is 146 Å². The highest BCUT2D eigenvalue weighted by Gasteiger charge is 2.42. The van der Waals surface area contributed by atoms with Crippen molar-refractivity contribution in [3.05, 3.63) is 203 Å². The Balaban J connectivity index is 1.00. The molecule has 11 rings (SSSR count). The zero-order chi connectivity index (χ0) is 45.4. The maximum absolute atomic E-state index is 11.1. The van der Waals surface area contributed by atoms with Gasteiger partial charge in [0.1, 0.15) is 17.1 Å². The van der Waals surface area contributed by atoms with Crippen LogP contribution in [0.25, 0.3) is 61.6 Å². The van der Waals surface area contributed by atoms with Crippen LogP contribution in [0, 0.1) is 5.41 Å². The molecule has 5 heteroatoms. The second-order valence-corrected chi connectivity index (χ2v) is 20.7. The molecule has 0 fully saturated rings. The summed E-state index contributed by atoms with van der Waals surface area (Å²) in [5.74, 6) is 1.98. The molecule has 326 valence electrons. The number of imidazole rings is 1. The molecule has 0 saturated heterocycles. The van der Waals surface area contributed by atoms with E-state index in [4.69, 9.17) is 14.7 Å². The molecule has 5 nitrogen and oxygen atoms in total. The molecular weight excluding hydrogens is 807 g/mol. The van der Waals surface area contributed by atoms with Gasteiger partial charge in [-0.3, -0.25) is 4.57 Å². The van der Waals surface area contributed by atoms with Crippen LogP contribution in [0.15, 0.2) is 170 Å². The maximum atomic E-state index is 11.1. The summed E-state index contributed by atoms with van der Waals surface area (Å²) in [6.07, 6.45) is 4.57. The smallest absolute Gasteiger partial charge is 0.220 e. The lowest BCUT2D eigenvalue weighted by Gasteiger charge is -2.28. The minimum absolute atomic E-state index is 0.0114. The molecule has 7 aromatic carbocycles. The summed E-state index contributed by atoms with van der Waals surface area (Å²) in [5.41, 5.74) is 18.0. The Morgan fingerprint density at radius 2 is 1.18 bits per heavy atom. The summed E-state index contributed by atoms with van der Waals surface area (Å²) in [5, 5.41) is 11.1. The fourth-order valence-corrected chi connectivity index (χ4v) is 10.6. The molecular formula is C61H55N3O2. The van der Waals surface area contributed by atoms with Crippen molar-refractivity contribution in [2.45, 2.75) is 78.1 Å². The van der Waals surface area contributed by atoms with Crippen molar-refractivity contribution in [2.24, 2.45) is 5.41 Å². The van der Waals surface area contributed by atoms with Crippen LogP contribution in [-0.2, 0) is 36.5 Å². The van der Waals surface area contributed by atoms with Crippen LogP contribution in [0.5, 0.6) is 17.4 Å². The predicted octanol–water partition coefficient (Wildman–Crippen LogP) is 15.1. The predicted molar refractivity (Wildman–Crippen MR) is 270 cm³/mol. The molecule has 0 bridgehead atoms. The minimum atomic E-state index is -0.147. The molecule has 2 aliphatic carbocycles. The van der Waals surface area contributed by atoms with E-state index in [1.165, 1.54) is 38.9 Å². The van der Waals surface area contributed by atoms with Gasteiger partial charge >= 0.3 is 0 Å². The van der Waals surface area contributed by atoms with Crippen molar-refractivity contribution in [3.63, 3.8) is 0 Å². The Bertz CT molecular complexity index is 3300. The van der Waals surface area contributed by atoms with Gasteiger partial charge in [0.2, 0.25) is 5.88 Å². The number of phenolic OH excluding ortho intramolecular Hbond substituents is 1. The fraction of sp³-hybridized carbons (Fsp3) is 0.213. The highest BCUT2D eigenvalue weighted by molar-refractivity contribution is 5.89. The van der Waals surface area contributed by atoms with Crippen LogP contribution in [-0.4, -0.2) is 19.6 Å². The first-order valence-corrected chi connectivity index (χ1v) is 23.3. The van der Waals surface area contributed by atoms with Crippen molar-refractivity contribution < 1.29 is 9.84 Å². The zero-order valence-electron chi connectivity index (χ0n) is 38.7. The topological polar surface area (TPSA) is 60.2 Å². The second kappa shape index (κ2) is 15.7. The van der Waals surface area contributed by atoms with Gasteiger partial charge < -0.3 is 9.84 Å². The molecule has 9 aromatic rings. The number of hydrogen-bond acceptors (Lipinski definition) is 4. The quantitative estimate of drug-likeness (QED) is 0.173. The number of ether oxygens (including phenoxy) is 1. The van der Waals surface area contributed by atoms with Gasteiger partial charge in [0, 0.05) is 22.9 Å². The summed E-state index contributed by atoms with van der Waals surface area (Å²) in [7, 11) is 0. The van der Waals surface area contributed by atoms with E-state index in [0.717, 1.165) is 70.5 Å². The van der Waals surface area contributed by atoms with Crippen LogP contribution >= 0.6 is 0 Å². The third-order valence-electron chi connectivity index (χ3n) is 13.9. The van der Waals surface area contributed by atoms with Gasteiger partial charge in [0.05, 0.1) is 11.2 Å². The molecule has 0 atom stereocenters. The lowest BCUT2D eigenvalue weighted by atomic mass is 9.77. The molecule has 0 radical (unpaired) electrons. The standard InChI is InChI=1S/C61H55N3O2/c1-59(2,3)47-28-29-49(51(34-47)60(4,5)6)45-32-52(50-22-12-13-24-54(50)65)62-56(33-45)66-55-25-15-23-53-57(55)63-58(64(53)48-20-8-7-9-21-48)41-19-14-18-39(30-41)40-26-27-44-37-61(38-46(44)31-40)35-42-16-10-11-17-43(42)36-61/h7-34,65H,35-38H2,1-6H3. The average Bonchev–Trinajstić information content (AvgIpc) is 4.00. The largest absolute Gasteiger partial charge is 0.507 e. The van der Waals surface area contributed by atoms with Crippen LogP contribution in [0.1, 0.15) is 74.9 Å². The van der Waals surface area contributed by atoms with Gasteiger partial charge in [0.15, 0.2) is 5.75 Å². The molecule has 0 saturated carbocycles. The van der Waals surface area contributed by atoms with Crippen molar-refractivity contribution in [1.82, 2.24) is 14.5 Å². The molecule has 2 heterocycles. The average molecular weight is 862 g/mol. The first-order valence-electron chi connectivity index (χ1n) is 23.3. The number of aromatic nitrogens is 3. The number of rotatable bonds is 7. The Kier molecular flexibility index (Phi) is 9.88. The molecule has 66 heavy (non-hydrogen) atoms. The lowest BCUT2D eigenvalue weighted by Crippen LogP contribution is -2.21. The molecule has 0 unspecified atom stereocenters. The van der Waals surface area contributed by atoms with E-state index in [9.17, 15) is 5.11 Å². The number of nitrogens with zero attached hydrogens (tertiary/aromatic N) is 3. The van der Waals surface area contributed by atoms with E-state index in [-0.39, 0.29) is 16.6 Å². The normalized spacial score (nSPS) is 14.2. The number of pyridine rings is 1. The van der Waals surface area contributed by atoms with Crippen LogP contribution in [0.4, 0.5) is 0 Å². The van der Waals surface area contributed by atoms with E-state index in [2.05, 4.69) is 167 Å². The van der Waals surface area contributed by atoms with E-state index >= 15 is 0 Å². The Morgan fingerprint density at radius 1 is 0.515 bits per heavy atom. The first kappa shape index (κ1) is 41.5. The summed E-state index contributed by atoms with van der Waals surface area (Å²) in [4.78, 5) is 10.5. The fourth-order valence-electron chi connectivity index (χ4n) is 10.6. The number of aromatic hydroxyl groups is 1. The van der Waals surface area contributed by atoms with Crippen molar-refractivity contribution in [2.75, 3.05) is 0 Å². The third kappa shape index (κ3) is 7.56. The number of benzene rings is 7. The number of hydrogen-bond donors (Lipinski definition) is 1. The van der Waals surface area contributed by atoms with Crippen LogP contribution in [0.2, 0.25) is 0 Å². The molecule has 2 aliphatic rings. The highest BCUT2D eigenvalue weighted by atomic mass is 16.5. The molecule has 1 N–H and O–H groups in total. The number of para-hydroxylation sites is 3. The Hall–Kier alpha value is -7.24. The summed E-state index contributed by atoms with van der Waals surface area (Å²) in [6.45, 7) is 13.5. The van der Waals surface area contributed by atoms with Gasteiger partial charge in [0.25, 0.3) is 0 Å². The van der Waals surface area contributed by atoms with E-state index in [1.807, 2.05) is 42.5 Å². The minimum Gasteiger partial charge on any atom is -0.507 e. The van der Waals surface area contributed by atoms with Gasteiger partial charge in [-0.25, -0.2) is 9.97 Å². The van der Waals surface area contributed by atoms with Crippen LogP contribution < -0.4 is 4.74 Å². The van der Waals surface area contributed by atoms with Crippen LogP contribution in [0.3, 0.4) is 0 Å². The molecule has 0 amide bonds. The lowest BCUT2D eigenvalue weighted by molar-refractivity contribution is 0.326. The SMILES string of the molecule is CC(C)(C)c1ccc(-c2cc(Oc3cccc4c3nc(-c3cccc(-c5ccc6c(c5)CC5(Cc7ccccc7C5)C6)c3)n4-c3ccccc3)nc(-c3ccccc3O)c2)c(C(C)(C)C)c1. The number of fused-ring (bicyclic) bond motifs is 3. The Morgan fingerprint density at radius 3 is 1.92 bits per heavy atom. The number of phenols is 1. The maximum Gasteiger partial charge on any atom is 0.220 e. The van der Waals surface area contributed by atoms with Crippen molar-refractivity contribution in [3.8, 4) is 68.0 Å². The van der Waals surface area contributed by atoms with E-state index < -0.39 is 0 Å². The zero-order valence-corrected chi connectivity index (χ0v) is 38.7. The first-order chi connectivity index (χ1) is 31.8. The second-order valence-electron chi connectivity index (χ2n) is 20.7. The summed E-state index contributed by atoms with van der Waals surface area (Å²) >= 11 is 0. The molecule has 0 aliphatic heterocycles. The molecule has 2 aromatic heterocycles. The van der Waals surface area contributed by atoms with E-state index in [1.54, 1.807) is 6.07 Å². The van der Waals surface area contributed by atoms with Crippen molar-refractivity contribution in [1.29, 1.82) is 0 Å². The summed E-state index contributed by atoms with van der Waals surface area (Å²) in [6, 6.07) is 59.7. The summed E-state index contributed by atoms with van der Waals surface area (Å²) < 4.78 is 9.16. The highest BCUT2D eigenvalue weighted by Crippen LogP contribution is 2.48. The molecule has 1 spiro atoms. The van der Waals surface area contributed by atoms with E-state index in [0.29, 0.717) is 28.3 Å². The van der Waals surface area contributed by atoms with Gasteiger partial charge in [-0.2, -0.15) is 0 Å². The van der Waals surface area contributed by atoms with Gasteiger partial charge in [-0.1, -0.05) is 157 Å².